The Hall–Kier alpha value is -1.14. The second kappa shape index (κ2) is 7.33. The van der Waals surface area contributed by atoms with Crippen molar-refractivity contribution in [2.75, 3.05) is 6.61 Å². The van der Waals surface area contributed by atoms with E-state index in [2.05, 4.69) is 5.32 Å². The minimum Gasteiger partial charge on any atom is -0.480 e. The zero-order valence-electron chi connectivity index (χ0n) is 11.3. The van der Waals surface area contributed by atoms with E-state index in [9.17, 15) is 9.59 Å². The number of aliphatic hydroxyl groups is 1. The Bertz CT molecular complexity index is 286. The van der Waals surface area contributed by atoms with E-state index in [1.807, 2.05) is 20.8 Å². The highest BCUT2D eigenvalue weighted by Gasteiger charge is 2.22. The van der Waals surface area contributed by atoms with Gasteiger partial charge in [0, 0.05) is 25.5 Å². The fraction of sp³-hybridized carbons (Fsp3) is 0.833. The molecule has 0 bridgehead atoms. The topological polar surface area (TPSA) is 113 Å². The van der Waals surface area contributed by atoms with Gasteiger partial charge < -0.3 is 21.3 Å². The van der Waals surface area contributed by atoms with E-state index in [4.69, 9.17) is 15.9 Å². The van der Waals surface area contributed by atoms with E-state index in [-0.39, 0.29) is 30.9 Å². The molecule has 0 heterocycles. The number of nitrogens with two attached hydrogens (primary N) is 1. The first-order valence-corrected chi connectivity index (χ1v) is 6.04. The molecule has 0 saturated carbocycles. The second-order valence-electron chi connectivity index (χ2n) is 5.70. The maximum atomic E-state index is 11.6. The lowest BCUT2D eigenvalue weighted by Gasteiger charge is -2.23. The highest BCUT2D eigenvalue weighted by molar-refractivity contribution is 5.83. The molecule has 0 radical (unpaired) electrons. The average Bonchev–Trinajstić information content (AvgIpc) is 2.13. The molecule has 18 heavy (non-hydrogen) atoms. The van der Waals surface area contributed by atoms with Gasteiger partial charge in [-0.3, -0.25) is 4.79 Å². The lowest BCUT2D eigenvalue weighted by Crippen LogP contribution is -2.43. The molecule has 2 unspecified atom stereocenters. The lowest BCUT2D eigenvalue weighted by atomic mass is 9.87. The maximum absolute atomic E-state index is 11.6. The molecule has 0 rings (SSSR count). The predicted molar refractivity (Wildman–Crippen MR) is 67.9 cm³/mol. The molecule has 0 aliphatic heterocycles. The minimum atomic E-state index is -1.15. The number of amides is 1. The van der Waals surface area contributed by atoms with E-state index in [1.165, 1.54) is 0 Å². The van der Waals surface area contributed by atoms with Crippen LogP contribution >= 0.6 is 0 Å². The third-order valence-electron chi connectivity index (χ3n) is 2.37. The quantitative estimate of drug-likeness (QED) is 0.518. The summed E-state index contributed by atoms with van der Waals surface area (Å²) in [5.41, 5.74) is 5.85. The summed E-state index contributed by atoms with van der Waals surface area (Å²) in [6.07, 6.45) is 0.764. The summed E-state index contributed by atoms with van der Waals surface area (Å²) in [5, 5.41) is 19.9. The number of rotatable bonds is 7. The molecule has 0 aliphatic rings. The number of carboxylic acid groups (broad SMARTS) is 1. The van der Waals surface area contributed by atoms with Crippen LogP contribution in [0.4, 0.5) is 0 Å². The van der Waals surface area contributed by atoms with Crippen LogP contribution in [0.3, 0.4) is 0 Å². The fourth-order valence-corrected chi connectivity index (χ4v) is 1.74. The minimum absolute atomic E-state index is 0.00438. The first-order chi connectivity index (χ1) is 8.15. The molecular weight excluding hydrogens is 236 g/mol. The first kappa shape index (κ1) is 16.9. The number of carbonyl (C=O) groups is 2. The lowest BCUT2D eigenvalue weighted by molar-refractivity contribution is -0.142. The SMILES string of the molecule is CC(C)(C)CC(N)CC(=O)NC(CCO)C(=O)O. The van der Waals surface area contributed by atoms with Crippen LogP contribution in [0.25, 0.3) is 0 Å². The monoisotopic (exact) mass is 260 g/mol. The van der Waals surface area contributed by atoms with Crippen LogP contribution in [-0.2, 0) is 9.59 Å². The van der Waals surface area contributed by atoms with Gasteiger partial charge in [-0.05, 0) is 11.8 Å². The van der Waals surface area contributed by atoms with Gasteiger partial charge in [0.25, 0.3) is 0 Å². The third-order valence-corrected chi connectivity index (χ3v) is 2.37. The van der Waals surface area contributed by atoms with E-state index in [0.29, 0.717) is 6.42 Å². The Kier molecular flexibility index (Phi) is 6.86. The van der Waals surface area contributed by atoms with Gasteiger partial charge in [-0.2, -0.15) is 0 Å². The Labute approximate surface area is 108 Å². The maximum Gasteiger partial charge on any atom is 0.326 e. The van der Waals surface area contributed by atoms with E-state index in [1.54, 1.807) is 0 Å². The Morgan fingerprint density at radius 3 is 2.28 bits per heavy atom. The molecule has 0 fully saturated rings. The summed E-state index contributed by atoms with van der Waals surface area (Å²) in [5.74, 6) is -1.55. The van der Waals surface area contributed by atoms with E-state index >= 15 is 0 Å². The summed E-state index contributed by atoms with van der Waals surface area (Å²) in [6, 6.07) is -1.35. The number of aliphatic hydroxyl groups excluding tert-OH is 1. The molecule has 5 N–H and O–H groups in total. The standard InChI is InChI=1S/C12H24N2O4/c1-12(2,3)7-8(13)6-10(16)14-9(4-5-15)11(17)18/h8-9,15H,4-7,13H2,1-3H3,(H,14,16)(H,17,18). The van der Waals surface area contributed by atoms with Crippen LogP contribution < -0.4 is 11.1 Å². The van der Waals surface area contributed by atoms with Crippen molar-refractivity contribution in [3.63, 3.8) is 0 Å². The molecular formula is C12H24N2O4. The summed E-state index contributed by atoms with van der Waals surface area (Å²) in [4.78, 5) is 22.4. The van der Waals surface area contributed by atoms with Crippen LogP contribution in [0.5, 0.6) is 0 Å². The molecule has 1 amide bonds. The molecule has 0 saturated heterocycles. The van der Waals surface area contributed by atoms with Crippen LogP contribution in [0.15, 0.2) is 0 Å². The Morgan fingerprint density at radius 1 is 1.33 bits per heavy atom. The van der Waals surface area contributed by atoms with Crippen molar-refractivity contribution >= 4 is 11.9 Å². The Morgan fingerprint density at radius 2 is 1.89 bits per heavy atom. The normalized spacial score (nSPS) is 14.9. The number of carbonyl (C=O) groups excluding carboxylic acids is 1. The van der Waals surface area contributed by atoms with Gasteiger partial charge in [0.1, 0.15) is 6.04 Å². The molecule has 0 aromatic rings. The number of nitrogens with one attached hydrogen (secondary N) is 1. The van der Waals surface area contributed by atoms with Crippen LogP contribution in [-0.4, -0.2) is 40.8 Å². The molecule has 0 aromatic heterocycles. The zero-order valence-corrected chi connectivity index (χ0v) is 11.3. The highest BCUT2D eigenvalue weighted by atomic mass is 16.4. The zero-order chi connectivity index (χ0) is 14.3. The largest absolute Gasteiger partial charge is 0.480 e. The van der Waals surface area contributed by atoms with Gasteiger partial charge in [0.05, 0.1) is 0 Å². The molecule has 0 spiro atoms. The number of aliphatic carboxylic acids is 1. The van der Waals surface area contributed by atoms with Crippen molar-refractivity contribution in [1.82, 2.24) is 5.32 Å². The van der Waals surface area contributed by atoms with Gasteiger partial charge in [-0.1, -0.05) is 20.8 Å². The van der Waals surface area contributed by atoms with Crippen molar-refractivity contribution < 1.29 is 19.8 Å². The second-order valence-corrected chi connectivity index (χ2v) is 5.70. The summed E-state index contributed by atoms with van der Waals surface area (Å²) in [6.45, 7) is 5.79. The van der Waals surface area contributed by atoms with Crippen molar-refractivity contribution in [2.45, 2.75) is 52.1 Å². The summed E-state index contributed by atoms with van der Waals surface area (Å²) < 4.78 is 0. The third kappa shape index (κ3) is 8.03. The van der Waals surface area contributed by atoms with Crippen molar-refractivity contribution in [3.05, 3.63) is 0 Å². The van der Waals surface area contributed by atoms with Crippen LogP contribution in [0, 0.1) is 5.41 Å². The van der Waals surface area contributed by atoms with E-state index in [0.717, 1.165) is 0 Å². The molecule has 0 aromatic carbocycles. The molecule has 2 atom stereocenters. The van der Waals surface area contributed by atoms with Crippen LogP contribution in [0.1, 0.15) is 40.0 Å². The molecule has 0 aliphatic carbocycles. The molecule has 6 nitrogen and oxygen atoms in total. The first-order valence-electron chi connectivity index (χ1n) is 6.04. The van der Waals surface area contributed by atoms with Crippen molar-refractivity contribution in [2.24, 2.45) is 11.1 Å². The van der Waals surface area contributed by atoms with Gasteiger partial charge in [0.15, 0.2) is 0 Å². The molecule has 6 heteroatoms. The van der Waals surface area contributed by atoms with Crippen molar-refractivity contribution in [1.29, 1.82) is 0 Å². The number of carboxylic acids is 1. The summed E-state index contributed by atoms with van der Waals surface area (Å²) >= 11 is 0. The van der Waals surface area contributed by atoms with Gasteiger partial charge in [-0.15, -0.1) is 0 Å². The average molecular weight is 260 g/mol. The number of hydrogen-bond acceptors (Lipinski definition) is 4. The predicted octanol–water partition coefficient (Wildman–Crippen LogP) is 0.0918. The summed E-state index contributed by atoms with van der Waals surface area (Å²) in [7, 11) is 0. The number of hydrogen-bond donors (Lipinski definition) is 4. The smallest absolute Gasteiger partial charge is 0.326 e. The van der Waals surface area contributed by atoms with Gasteiger partial charge >= 0.3 is 5.97 Å². The van der Waals surface area contributed by atoms with Crippen molar-refractivity contribution in [3.8, 4) is 0 Å². The molecule has 106 valence electrons. The Balaban J connectivity index is 4.20. The van der Waals surface area contributed by atoms with Gasteiger partial charge in [-0.25, -0.2) is 4.79 Å². The highest BCUT2D eigenvalue weighted by Crippen LogP contribution is 2.20. The van der Waals surface area contributed by atoms with E-state index < -0.39 is 17.9 Å². The van der Waals surface area contributed by atoms with Gasteiger partial charge in [0.2, 0.25) is 5.91 Å². The van der Waals surface area contributed by atoms with Crippen LogP contribution in [0.2, 0.25) is 0 Å². The fourth-order valence-electron chi connectivity index (χ4n) is 1.74.